The lowest BCUT2D eigenvalue weighted by molar-refractivity contribution is -0.128. The molecule has 4 nitrogen and oxygen atoms in total. The van der Waals surface area contributed by atoms with Crippen molar-refractivity contribution in [1.82, 2.24) is 4.90 Å². The van der Waals surface area contributed by atoms with Gasteiger partial charge < -0.3 is 10.0 Å². The van der Waals surface area contributed by atoms with Gasteiger partial charge in [0.25, 0.3) is 0 Å². The summed E-state index contributed by atoms with van der Waals surface area (Å²) in [5.74, 6) is -0.820. The Hall–Kier alpha value is -2.59. The van der Waals surface area contributed by atoms with E-state index in [-0.39, 0.29) is 23.9 Å². The second-order valence-corrected chi connectivity index (χ2v) is 6.54. The predicted octanol–water partition coefficient (Wildman–Crippen LogP) is 3.86. The van der Waals surface area contributed by atoms with Gasteiger partial charge in [-0.15, -0.1) is 0 Å². The largest absolute Gasteiger partial charge is 0.507 e. The zero-order valence-corrected chi connectivity index (χ0v) is 14.3. The molecule has 1 saturated heterocycles. The average Bonchev–Trinajstić information content (AvgIpc) is 2.97. The monoisotopic (exact) mass is 355 g/mol. The first kappa shape index (κ1) is 17.2. The summed E-state index contributed by atoms with van der Waals surface area (Å²) in [4.78, 5) is 26.2. The van der Waals surface area contributed by atoms with E-state index in [0.717, 1.165) is 5.56 Å². The van der Waals surface area contributed by atoms with Crippen molar-refractivity contribution < 1.29 is 14.7 Å². The van der Waals surface area contributed by atoms with Crippen LogP contribution >= 0.6 is 11.6 Å². The topological polar surface area (TPSA) is 57.6 Å². The van der Waals surface area contributed by atoms with Crippen molar-refractivity contribution >= 4 is 29.1 Å². The van der Waals surface area contributed by atoms with E-state index in [0.29, 0.717) is 23.7 Å². The lowest BCUT2D eigenvalue weighted by Gasteiger charge is -2.16. The zero-order valence-electron chi connectivity index (χ0n) is 13.6. The third-order valence-electron chi connectivity index (χ3n) is 4.25. The molecule has 0 aliphatic carbocycles. The maximum absolute atomic E-state index is 12.4. The van der Waals surface area contributed by atoms with Crippen LogP contribution < -0.4 is 0 Å². The molecule has 2 aromatic rings. The molecule has 1 unspecified atom stereocenters. The Bertz CT molecular complexity index is 799. The van der Waals surface area contributed by atoms with Crippen LogP contribution in [0.2, 0.25) is 5.02 Å². The Labute approximate surface area is 151 Å². The number of benzene rings is 2. The maximum Gasteiger partial charge on any atom is 0.223 e. The molecule has 1 aliphatic rings. The minimum Gasteiger partial charge on any atom is -0.507 e. The Balaban J connectivity index is 1.66. The van der Waals surface area contributed by atoms with Crippen molar-refractivity contribution in [3.63, 3.8) is 0 Å². The number of allylic oxidation sites excluding steroid dienone is 1. The highest BCUT2D eigenvalue weighted by Gasteiger charge is 2.33. The van der Waals surface area contributed by atoms with E-state index in [9.17, 15) is 14.7 Å². The molecule has 1 fully saturated rings. The number of rotatable bonds is 5. The minimum atomic E-state index is -0.425. The fraction of sp³-hybridized carbons (Fsp3) is 0.200. The van der Waals surface area contributed by atoms with Crippen LogP contribution in [-0.4, -0.2) is 28.2 Å². The summed E-state index contributed by atoms with van der Waals surface area (Å²) in [7, 11) is 0. The predicted molar refractivity (Wildman–Crippen MR) is 97.0 cm³/mol. The van der Waals surface area contributed by atoms with Crippen molar-refractivity contribution in [3.8, 4) is 0 Å². The van der Waals surface area contributed by atoms with Gasteiger partial charge in [0.2, 0.25) is 5.91 Å². The normalized spacial score (nSPS) is 17.8. The fourth-order valence-electron chi connectivity index (χ4n) is 2.88. The van der Waals surface area contributed by atoms with Gasteiger partial charge in [0.05, 0.1) is 0 Å². The highest BCUT2D eigenvalue weighted by Crippen LogP contribution is 2.23. The lowest BCUT2D eigenvalue weighted by Crippen LogP contribution is -2.25. The van der Waals surface area contributed by atoms with Crippen LogP contribution in [0.1, 0.15) is 17.5 Å². The second-order valence-electron chi connectivity index (χ2n) is 6.10. The van der Waals surface area contributed by atoms with Crippen molar-refractivity contribution in [3.05, 3.63) is 76.8 Å². The molecule has 1 aliphatic heterocycles. The number of carbonyl (C=O) groups is 2. The quantitative estimate of drug-likeness (QED) is 0.654. The molecule has 0 saturated carbocycles. The maximum atomic E-state index is 12.4. The molecule has 5 heteroatoms. The van der Waals surface area contributed by atoms with Gasteiger partial charge >= 0.3 is 0 Å². The van der Waals surface area contributed by atoms with E-state index in [2.05, 4.69) is 0 Å². The van der Waals surface area contributed by atoms with Crippen molar-refractivity contribution in [2.24, 2.45) is 5.92 Å². The van der Waals surface area contributed by atoms with Crippen LogP contribution in [0.4, 0.5) is 0 Å². The van der Waals surface area contributed by atoms with Gasteiger partial charge in [-0.1, -0.05) is 41.9 Å². The van der Waals surface area contributed by atoms with Crippen LogP contribution in [0.15, 0.2) is 60.7 Å². The van der Waals surface area contributed by atoms with Crippen LogP contribution in [0.5, 0.6) is 0 Å². The Morgan fingerprint density at radius 3 is 2.52 bits per heavy atom. The first-order chi connectivity index (χ1) is 12.0. The van der Waals surface area contributed by atoms with Crippen molar-refractivity contribution in [2.75, 3.05) is 6.54 Å². The Kier molecular flexibility index (Phi) is 5.19. The molecule has 0 bridgehead atoms. The number of aliphatic hydroxyl groups is 1. The van der Waals surface area contributed by atoms with E-state index in [4.69, 9.17) is 11.6 Å². The minimum absolute atomic E-state index is 0.0402. The van der Waals surface area contributed by atoms with Crippen molar-refractivity contribution in [1.29, 1.82) is 0 Å². The standard InChI is InChI=1S/C20H18ClNO3/c21-17-8-6-15(7-9-17)18(23)11-19(24)16-10-20(25)22(13-16)12-14-4-2-1-3-5-14/h1-9,11,16,23H,10,12-13H2/b18-11-. The number of hydrogen-bond acceptors (Lipinski definition) is 3. The summed E-state index contributed by atoms with van der Waals surface area (Å²) >= 11 is 5.81. The Morgan fingerprint density at radius 1 is 1.16 bits per heavy atom. The first-order valence-corrected chi connectivity index (χ1v) is 8.43. The summed E-state index contributed by atoms with van der Waals surface area (Å²) in [5, 5.41) is 10.7. The van der Waals surface area contributed by atoms with Crippen LogP contribution in [-0.2, 0) is 16.1 Å². The number of likely N-dealkylation sites (tertiary alicyclic amines) is 1. The molecular formula is C20H18ClNO3. The molecule has 3 rings (SSSR count). The SMILES string of the molecule is O=C(/C=C(\O)c1ccc(Cl)cc1)C1CC(=O)N(Cc2ccccc2)C1. The van der Waals surface area contributed by atoms with Crippen LogP contribution in [0.25, 0.3) is 5.76 Å². The summed E-state index contributed by atoms with van der Waals surface area (Å²) < 4.78 is 0. The molecule has 1 N–H and O–H groups in total. The van der Waals surface area contributed by atoms with E-state index in [1.54, 1.807) is 29.2 Å². The Morgan fingerprint density at radius 2 is 1.84 bits per heavy atom. The van der Waals surface area contributed by atoms with Gasteiger partial charge in [0.1, 0.15) is 5.76 Å². The number of amides is 1. The lowest BCUT2D eigenvalue weighted by atomic mass is 10.0. The van der Waals surface area contributed by atoms with Gasteiger partial charge in [0.15, 0.2) is 5.78 Å². The molecule has 1 atom stereocenters. The number of halogens is 1. The molecule has 2 aromatic carbocycles. The molecule has 0 spiro atoms. The molecular weight excluding hydrogens is 338 g/mol. The fourth-order valence-corrected chi connectivity index (χ4v) is 3.00. The highest BCUT2D eigenvalue weighted by atomic mass is 35.5. The van der Waals surface area contributed by atoms with E-state index < -0.39 is 5.92 Å². The van der Waals surface area contributed by atoms with Gasteiger partial charge in [-0.25, -0.2) is 0 Å². The smallest absolute Gasteiger partial charge is 0.223 e. The van der Waals surface area contributed by atoms with Gasteiger partial charge in [-0.3, -0.25) is 9.59 Å². The van der Waals surface area contributed by atoms with Gasteiger partial charge in [-0.05, 0) is 29.8 Å². The number of carbonyl (C=O) groups excluding carboxylic acids is 2. The number of nitrogens with zero attached hydrogens (tertiary/aromatic N) is 1. The number of hydrogen-bond donors (Lipinski definition) is 1. The summed E-state index contributed by atoms with van der Waals surface area (Å²) in [6.45, 7) is 0.868. The van der Waals surface area contributed by atoms with E-state index >= 15 is 0 Å². The average molecular weight is 356 g/mol. The first-order valence-electron chi connectivity index (χ1n) is 8.05. The second kappa shape index (κ2) is 7.53. The molecule has 0 radical (unpaired) electrons. The van der Waals surface area contributed by atoms with Gasteiger partial charge in [-0.2, -0.15) is 0 Å². The van der Waals surface area contributed by atoms with E-state index in [1.807, 2.05) is 30.3 Å². The van der Waals surface area contributed by atoms with Gasteiger partial charge in [0, 0.05) is 42.1 Å². The number of ketones is 1. The third-order valence-corrected chi connectivity index (χ3v) is 4.50. The van der Waals surface area contributed by atoms with E-state index in [1.165, 1.54) is 6.08 Å². The van der Waals surface area contributed by atoms with Crippen molar-refractivity contribution in [2.45, 2.75) is 13.0 Å². The summed E-state index contributed by atoms with van der Waals surface area (Å²) in [6.07, 6.45) is 1.38. The molecule has 128 valence electrons. The van der Waals surface area contributed by atoms with Crippen LogP contribution in [0, 0.1) is 5.92 Å². The molecule has 0 aromatic heterocycles. The summed E-state index contributed by atoms with van der Waals surface area (Å²) in [6, 6.07) is 16.2. The molecule has 1 amide bonds. The zero-order chi connectivity index (χ0) is 17.8. The molecule has 25 heavy (non-hydrogen) atoms. The number of aliphatic hydroxyl groups excluding tert-OH is 1. The summed E-state index contributed by atoms with van der Waals surface area (Å²) in [5.41, 5.74) is 1.55. The third kappa shape index (κ3) is 4.28. The molecule has 1 heterocycles. The highest BCUT2D eigenvalue weighted by molar-refractivity contribution is 6.30. The van der Waals surface area contributed by atoms with Crippen LogP contribution in [0.3, 0.4) is 0 Å².